The minimum atomic E-state index is -1.15. The molecule has 4 aliphatic heterocycles. The Morgan fingerprint density at radius 3 is 2.13 bits per heavy atom. The Labute approximate surface area is 307 Å². The third-order valence-electron chi connectivity index (χ3n) is 10.5. The average molecular weight is 725 g/mol. The van der Waals surface area contributed by atoms with E-state index in [4.69, 9.17) is 18.9 Å². The maximum absolute atomic E-state index is 13.8. The van der Waals surface area contributed by atoms with E-state index in [1.54, 1.807) is 24.4 Å². The molecule has 6 heterocycles. The third kappa shape index (κ3) is 7.52. The van der Waals surface area contributed by atoms with Gasteiger partial charge in [-0.1, -0.05) is 18.1 Å². The van der Waals surface area contributed by atoms with Gasteiger partial charge in [0.2, 0.25) is 5.91 Å². The van der Waals surface area contributed by atoms with E-state index >= 15 is 0 Å². The van der Waals surface area contributed by atoms with Crippen molar-refractivity contribution >= 4 is 17.9 Å². The van der Waals surface area contributed by atoms with Crippen LogP contribution in [0.3, 0.4) is 0 Å². The van der Waals surface area contributed by atoms with E-state index in [-0.39, 0.29) is 37.2 Å². The normalized spacial score (nSPS) is 25.1. The molecule has 7 rings (SSSR count). The zero-order chi connectivity index (χ0) is 36.8. The molecule has 278 valence electrons. The molecule has 4 unspecified atom stereocenters. The van der Waals surface area contributed by atoms with E-state index < -0.39 is 17.2 Å². The van der Waals surface area contributed by atoms with Crippen molar-refractivity contribution in [2.24, 2.45) is 0 Å². The van der Waals surface area contributed by atoms with Crippen LogP contribution in [0, 0.1) is 23.7 Å². The van der Waals surface area contributed by atoms with Crippen LogP contribution in [0.2, 0.25) is 0 Å². The van der Waals surface area contributed by atoms with Gasteiger partial charge in [-0.15, -0.1) is 0 Å². The van der Waals surface area contributed by atoms with Gasteiger partial charge in [0.25, 0.3) is 5.91 Å². The maximum atomic E-state index is 13.8. The van der Waals surface area contributed by atoms with Crippen molar-refractivity contribution in [2.45, 2.75) is 61.7 Å². The van der Waals surface area contributed by atoms with E-state index in [1.807, 2.05) is 29.2 Å². The second kappa shape index (κ2) is 15.8. The van der Waals surface area contributed by atoms with Gasteiger partial charge >= 0.3 is 6.09 Å². The van der Waals surface area contributed by atoms with Crippen molar-refractivity contribution in [3.05, 3.63) is 59.6 Å². The van der Waals surface area contributed by atoms with Crippen LogP contribution in [0.5, 0.6) is 0 Å². The van der Waals surface area contributed by atoms with Gasteiger partial charge in [0.05, 0.1) is 57.2 Å². The van der Waals surface area contributed by atoms with Crippen LogP contribution >= 0.6 is 0 Å². The Kier molecular flexibility index (Phi) is 10.8. The van der Waals surface area contributed by atoms with E-state index in [9.17, 15) is 14.4 Å². The van der Waals surface area contributed by atoms with Crippen LogP contribution in [0.4, 0.5) is 4.79 Å². The Morgan fingerprint density at radius 2 is 1.49 bits per heavy atom. The number of imidazole rings is 2. The lowest BCUT2D eigenvalue weighted by atomic mass is 9.96. The minimum Gasteiger partial charge on any atom is -0.453 e. The Bertz CT molecular complexity index is 1920. The molecule has 0 spiro atoms. The molecular formula is C38H44N8O7. The average Bonchev–Trinajstić information content (AvgIpc) is 4.03. The molecule has 4 saturated heterocycles. The summed E-state index contributed by atoms with van der Waals surface area (Å²) in [4.78, 5) is 59.1. The zero-order valence-corrected chi connectivity index (χ0v) is 30.0. The molecule has 4 atom stereocenters. The number of aromatic nitrogens is 4. The number of nitrogens with zero attached hydrogens (tertiary/aromatic N) is 4. The van der Waals surface area contributed by atoms with Crippen molar-refractivity contribution in [2.75, 3.05) is 60.5 Å². The first-order valence-corrected chi connectivity index (χ1v) is 17.9. The Hall–Kier alpha value is -5.19. The number of carbonyl (C=O) groups excluding carboxylic acids is 3. The molecule has 3 aromatic rings. The fraction of sp³-hybridized carbons (Fsp3) is 0.500. The van der Waals surface area contributed by atoms with Gasteiger partial charge < -0.3 is 44.0 Å². The summed E-state index contributed by atoms with van der Waals surface area (Å²) in [6, 6.07) is 7.35. The summed E-state index contributed by atoms with van der Waals surface area (Å²) in [5.41, 5.74) is 1.24. The monoisotopic (exact) mass is 724 g/mol. The highest BCUT2D eigenvalue weighted by Crippen LogP contribution is 2.36. The molecule has 0 radical (unpaired) electrons. The van der Waals surface area contributed by atoms with Crippen LogP contribution in [-0.4, -0.2) is 119 Å². The summed E-state index contributed by atoms with van der Waals surface area (Å²) in [5, 5.41) is 5.98. The van der Waals surface area contributed by atoms with E-state index in [1.165, 1.54) is 7.11 Å². The second-order valence-corrected chi connectivity index (χ2v) is 13.8. The van der Waals surface area contributed by atoms with E-state index in [2.05, 4.69) is 54.3 Å². The SMILES string of the molecule is COCNC1(C(=O)N2CCCC2c2ncc(C#CC#Cc3ccc(-c4cnc(C5CCCN5C(=O)C5(NC(=O)OC)CCOC5)[nH]4)cc3)[nH]2)CCOC1. The number of likely N-dealkylation sites (tertiary alicyclic amines) is 2. The number of methoxy groups -OCH3 is 2. The fourth-order valence-corrected chi connectivity index (χ4v) is 7.59. The number of hydrogen-bond donors (Lipinski definition) is 4. The molecule has 2 aromatic heterocycles. The molecule has 0 bridgehead atoms. The quantitative estimate of drug-likeness (QED) is 0.190. The molecule has 4 aliphatic rings. The van der Waals surface area contributed by atoms with Gasteiger partial charge in [-0.3, -0.25) is 14.9 Å². The number of aromatic amines is 2. The van der Waals surface area contributed by atoms with E-state index in [0.29, 0.717) is 63.1 Å². The van der Waals surface area contributed by atoms with Crippen LogP contribution in [0.1, 0.15) is 73.5 Å². The number of alkyl carbamates (subject to hydrolysis) is 1. The van der Waals surface area contributed by atoms with Gasteiger partial charge in [0, 0.05) is 51.8 Å². The van der Waals surface area contributed by atoms with Crippen LogP contribution < -0.4 is 10.6 Å². The second-order valence-electron chi connectivity index (χ2n) is 13.8. The lowest BCUT2D eigenvalue weighted by molar-refractivity contribution is -0.140. The molecule has 0 saturated carbocycles. The summed E-state index contributed by atoms with van der Waals surface area (Å²) < 4.78 is 21.1. The summed E-state index contributed by atoms with van der Waals surface area (Å²) in [7, 11) is 2.87. The Balaban J connectivity index is 0.970. The van der Waals surface area contributed by atoms with Crippen molar-refractivity contribution in [3.63, 3.8) is 0 Å². The summed E-state index contributed by atoms with van der Waals surface area (Å²) in [5.74, 6) is 13.2. The van der Waals surface area contributed by atoms with Crippen molar-refractivity contribution in [1.82, 2.24) is 40.4 Å². The van der Waals surface area contributed by atoms with Crippen LogP contribution in [0.15, 0.2) is 36.7 Å². The minimum absolute atomic E-state index is 0.00943. The van der Waals surface area contributed by atoms with Crippen molar-refractivity contribution in [1.29, 1.82) is 0 Å². The first-order chi connectivity index (χ1) is 25.8. The van der Waals surface area contributed by atoms with E-state index in [0.717, 1.165) is 42.5 Å². The third-order valence-corrected chi connectivity index (χ3v) is 10.5. The first kappa shape index (κ1) is 36.2. The fourth-order valence-electron chi connectivity index (χ4n) is 7.59. The Morgan fingerprint density at radius 1 is 0.868 bits per heavy atom. The molecule has 1 aromatic carbocycles. The number of ether oxygens (including phenoxy) is 4. The number of nitrogens with one attached hydrogen (secondary N) is 4. The lowest BCUT2D eigenvalue weighted by Crippen LogP contribution is -2.60. The van der Waals surface area contributed by atoms with Gasteiger partial charge in [-0.05, 0) is 61.1 Å². The molecule has 4 fully saturated rings. The molecule has 4 N–H and O–H groups in total. The number of hydrogen-bond acceptors (Lipinski definition) is 10. The molecule has 3 amide bonds. The van der Waals surface area contributed by atoms with Crippen molar-refractivity contribution < 1.29 is 33.3 Å². The highest BCUT2D eigenvalue weighted by molar-refractivity contribution is 5.91. The van der Waals surface area contributed by atoms with Gasteiger partial charge in [-0.25, -0.2) is 14.8 Å². The smallest absolute Gasteiger partial charge is 0.407 e. The molecule has 0 aliphatic carbocycles. The van der Waals surface area contributed by atoms with Gasteiger partial charge in [0.15, 0.2) is 0 Å². The number of H-pyrrole nitrogens is 2. The topological polar surface area (TPSA) is 176 Å². The van der Waals surface area contributed by atoms with Gasteiger partial charge in [0.1, 0.15) is 28.4 Å². The van der Waals surface area contributed by atoms with Crippen LogP contribution in [-0.2, 0) is 28.5 Å². The summed E-state index contributed by atoms with van der Waals surface area (Å²) >= 11 is 0. The number of benzene rings is 1. The molecular weight excluding hydrogens is 680 g/mol. The molecule has 15 nitrogen and oxygen atoms in total. The van der Waals surface area contributed by atoms with Crippen LogP contribution in [0.25, 0.3) is 11.3 Å². The molecule has 15 heteroatoms. The number of carbonyl (C=O) groups is 3. The van der Waals surface area contributed by atoms with Gasteiger partial charge in [-0.2, -0.15) is 0 Å². The number of rotatable bonds is 9. The highest BCUT2D eigenvalue weighted by atomic mass is 16.5. The molecule has 53 heavy (non-hydrogen) atoms. The van der Waals surface area contributed by atoms with Crippen molar-refractivity contribution in [3.8, 4) is 34.9 Å². The summed E-state index contributed by atoms with van der Waals surface area (Å²) in [6.07, 6.45) is 7.04. The summed E-state index contributed by atoms with van der Waals surface area (Å²) in [6.45, 7) is 2.82. The first-order valence-electron chi connectivity index (χ1n) is 17.9. The standard InChI is InChI=1S/C38H44N8O7/c1-50-25-41-37(15-19-52-23-37)34(47)45-17-5-9-30(45)32-39-21-28(42-32)8-4-3-7-26-11-13-27(14-12-26)29-22-40-33(43-29)31-10-6-18-46(31)35(48)38(16-20-53-24-38)44-36(49)51-2/h11-14,21-22,30-31,41H,5-6,9-10,15-20,23-25H2,1-2H3,(H,39,42)(H,40,43)(H,44,49). The lowest BCUT2D eigenvalue weighted by Gasteiger charge is -2.34. The maximum Gasteiger partial charge on any atom is 0.407 e. The zero-order valence-electron chi connectivity index (χ0n) is 30.0. The highest BCUT2D eigenvalue weighted by Gasteiger charge is 2.50. The predicted octanol–water partition coefficient (Wildman–Crippen LogP) is 2.40. The predicted molar refractivity (Wildman–Crippen MR) is 191 cm³/mol. The number of amides is 3. The largest absolute Gasteiger partial charge is 0.453 e.